The number of hydrogen-bond donors (Lipinski definition) is 15. The van der Waals surface area contributed by atoms with Crippen LogP contribution >= 0.6 is 11.8 Å². The third kappa shape index (κ3) is 33.1. The third-order valence-corrected chi connectivity index (χ3v) is 21.0. The van der Waals surface area contributed by atoms with Gasteiger partial charge in [0.1, 0.15) is 61.1 Å². The number of hydrogen-bond acceptors (Lipinski definition) is 17. The lowest BCUT2D eigenvalue weighted by Crippen LogP contribution is -2.61. The van der Waals surface area contributed by atoms with Crippen molar-refractivity contribution in [2.45, 2.75) is 242 Å². The van der Waals surface area contributed by atoms with Crippen molar-refractivity contribution in [3.8, 4) is 0 Å². The van der Waals surface area contributed by atoms with Crippen LogP contribution in [0, 0.1) is 5.92 Å². The van der Waals surface area contributed by atoms with Gasteiger partial charge in [-0.1, -0.05) is 164 Å². The topological polar surface area (TPSA) is 476 Å². The van der Waals surface area contributed by atoms with Crippen molar-refractivity contribution < 1.29 is 57.5 Å². The molecule has 4 aromatic rings. The van der Waals surface area contributed by atoms with Crippen LogP contribution in [0.15, 0.2) is 101 Å². The number of thioether (sulfide) groups is 1. The Morgan fingerprint density at radius 2 is 1.05 bits per heavy atom. The van der Waals surface area contributed by atoms with E-state index in [0.29, 0.717) is 87.0 Å². The molecular formula is C82H125N19O12S. The zero-order valence-corrected chi connectivity index (χ0v) is 67.8. The second kappa shape index (κ2) is 51.6. The van der Waals surface area contributed by atoms with Crippen LogP contribution in [0.3, 0.4) is 0 Å². The van der Waals surface area contributed by atoms with E-state index in [1.165, 1.54) is 61.2 Å². The van der Waals surface area contributed by atoms with E-state index in [1.54, 1.807) is 92.5 Å². The maximum Gasteiger partial charge on any atom is 0.264 e. The first kappa shape index (κ1) is 92.8. The number of fused-ring (bicyclic) bond motifs is 1. The Balaban J connectivity index is 1.17. The minimum atomic E-state index is -1.47. The highest BCUT2D eigenvalue weighted by Gasteiger charge is 2.42. The van der Waals surface area contributed by atoms with Gasteiger partial charge in [0, 0.05) is 82.1 Å². The number of primary amides is 1. The van der Waals surface area contributed by atoms with Crippen LogP contribution in [0.2, 0.25) is 0 Å². The highest BCUT2D eigenvalue weighted by Crippen LogP contribution is 2.25. The summed E-state index contributed by atoms with van der Waals surface area (Å²) in [6.45, 7) is 6.66. The summed E-state index contributed by atoms with van der Waals surface area (Å²) in [5, 5.41) is 30.1. The van der Waals surface area contributed by atoms with Gasteiger partial charge in [-0.3, -0.25) is 62.5 Å². The van der Waals surface area contributed by atoms with Crippen molar-refractivity contribution in [3.63, 3.8) is 0 Å². The largest absolute Gasteiger partial charge is 0.370 e. The number of nitrogens with one attached hydrogen (secondary N) is 11. The molecule has 9 atom stereocenters. The fourth-order valence-electron chi connectivity index (χ4n) is 14.0. The first-order chi connectivity index (χ1) is 55.0. The van der Waals surface area contributed by atoms with Gasteiger partial charge in [-0.15, -0.1) is 0 Å². The molecule has 3 aromatic carbocycles. The number of carbonyl (C=O) groups excluding carboxylic acids is 12. The number of aromatic amines is 1. The zero-order valence-electron chi connectivity index (χ0n) is 67.0. The van der Waals surface area contributed by atoms with E-state index in [1.807, 2.05) is 30.5 Å². The molecule has 2 aliphatic heterocycles. The molecule has 2 fully saturated rings. The fraction of sp³-hybridized carbons (Fsp3) is 0.585. The SMILES string of the molecule is CCCCCCCCCCCCCC(=O)NCCCNC(=O)/C=N/NCC(=O)NCCCC[C@H](NC(=O)[C@H](Cc1ccccc1)NC(=O)[C@@H](Cc1c[nH]c2ccccc12)NC(=O)[C@H](CCCN=C(N)N)NC(=O)[C@@H](Cc1ccccc1)NC(=O)[C@@H]1CCCN1C(=O)[C@@H](N)CCSC)C(=O)N1CCC[C@H]1C(=O)N[C@H](C(N)=O)C(C)C. The van der Waals surface area contributed by atoms with Gasteiger partial charge in [0.15, 0.2) is 5.96 Å². The second-order valence-corrected chi connectivity index (χ2v) is 30.8. The van der Waals surface area contributed by atoms with E-state index in [9.17, 15) is 38.4 Å². The maximum atomic E-state index is 15.5. The summed E-state index contributed by atoms with van der Waals surface area (Å²) in [7, 11) is 0. The molecule has 0 unspecified atom stereocenters. The second-order valence-electron chi connectivity index (χ2n) is 29.8. The quantitative estimate of drug-likeness (QED) is 0.0130. The molecule has 12 amide bonds. The number of amides is 12. The lowest BCUT2D eigenvalue weighted by Gasteiger charge is -2.31. The number of nitrogens with two attached hydrogens (primary N) is 4. The van der Waals surface area contributed by atoms with Gasteiger partial charge >= 0.3 is 0 Å². The van der Waals surface area contributed by atoms with E-state index >= 15 is 19.2 Å². The van der Waals surface area contributed by atoms with Gasteiger partial charge in [0.2, 0.25) is 65.0 Å². The molecule has 0 bridgehead atoms. The molecule has 31 nitrogen and oxygen atoms in total. The van der Waals surface area contributed by atoms with Gasteiger partial charge in [-0.05, 0) is 118 Å². The minimum Gasteiger partial charge on any atom is -0.370 e. The molecule has 0 spiro atoms. The third-order valence-electron chi connectivity index (χ3n) is 20.4. The lowest BCUT2D eigenvalue weighted by atomic mass is 10.00. The molecule has 2 aliphatic rings. The number of guanidine groups is 1. The lowest BCUT2D eigenvalue weighted by molar-refractivity contribution is -0.142. The number of H-pyrrole nitrogens is 1. The predicted octanol–water partition coefficient (Wildman–Crippen LogP) is 3.55. The molecule has 114 heavy (non-hydrogen) atoms. The number of likely N-dealkylation sites (tertiary alicyclic amines) is 2. The van der Waals surface area contributed by atoms with Crippen LogP contribution in [0.4, 0.5) is 0 Å². The number of aliphatic imine (C=N–C) groups is 1. The van der Waals surface area contributed by atoms with Crippen molar-refractivity contribution in [3.05, 3.63) is 108 Å². The summed E-state index contributed by atoms with van der Waals surface area (Å²) in [4.78, 5) is 179. The molecule has 2 saturated heterocycles. The smallest absolute Gasteiger partial charge is 0.264 e. The van der Waals surface area contributed by atoms with E-state index in [4.69, 9.17) is 22.9 Å². The summed E-state index contributed by atoms with van der Waals surface area (Å²) in [5.74, 6) is -7.09. The number of aromatic nitrogens is 1. The fourth-order valence-corrected chi connectivity index (χ4v) is 14.5. The molecular weight excluding hydrogens is 1480 g/mol. The van der Waals surface area contributed by atoms with E-state index in [2.05, 4.69) is 75.3 Å². The highest BCUT2D eigenvalue weighted by molar-refractivity contribution is 7.98. The summed E-state index contributed by atoms with van der Waals surface area (Å²) in [6, 6.07) is 14.2. The first-order valence-electron chi connectivity index (χ1n) is 40.7. The standard InChI is InChI=1S/C82H125N19O12S/c1-5-6-7-8-9-10-11-12-13-14-21-40-69(102)87-44-29-45-89-71(104)54-93-92-53-70(103)88-42-25-24-36-63(81(113)101-47-28-39-68(101)79(111)99-72(55(2)3)73(84)105)95-76(108)64(49-56-30-17-15-18-31-56)96-77(109)66(51-58-52-91-61-35-23-22-34-59(58)61)97-74(106)62(37-26-43-90-82(85)86)94-75(107)65(50-57-32-19-16-20-33-57)98-78(110)67-38-27-46-100(67)80(112)60(83)41-48-114-4/h15-20,22-23,30-35,52,54-55,60,62-68,72,91-92H,5-14,21,24-29,36-51,53,83H2,1-4H3,(H2,84,105)(H,87,102)(H,88,103)(H,89,104)(H,94,107)(H,95,108)(H,96,109)(H,97,106)(H,98,110)(H,99,111)(H4,85,86,90)/b93-54+/t60-,62-,63-,64-,65+,66+,67-,68-,72-/m0/s1. The predicted molar refractivity (Wildman–Crippen MR) is 443 cm³/mol. The Labute approximate surface area is 674 Å². The Morgan fingerprint density at radius 1 is 0.544 bits per heavy atom. The first-order valence-corrected chi connectivity index (χ1v) is 42.1. The number of carbonyl (C=O) groups is 12. The van der Waals surface area contributed by atoms with Gasteiger partial charge in [0.05, 0.1) is 6.04 Å². The Kier molecular flexibility index (Phi) is 42.0. The Bertz CT molecular complexity index is 3770. The van der Waals surface area contributed by atoms with Crippen molar-refractivity contribution in [1.29, 1.82) is 0 Å². The van der Waals surface area contributed by atoms with Crippen LogP contribution in [-0.4, -0.2) is 210 Å². The van der Waals surface area contributed by atoms with Gasteiger partial charge < -0.3 is 91.0 Å². The maximum absolute atomic E-state index is 15.5. The number of rotatable bonds is 54. The van der Waals surface area contributed by atoms with Crippen molar-refractivity contribution >= 4 is 106 Å². The van der Waals surface area contributed by atoms with Gasteiger partial charge in [-0.2, -0.15) is 16.9 Å². The number of nitrogens with zero attached hydrogens (tertiary/aromatic N) is 4. The van der Waals surface area contributed by atoms with Crippen molar-refractivity contribution in [1.82, 2.24) is 68.1 Å². The summed E-state index contributed by atoms with van der Waals surface area (Å²) < 4.78 is 0. The number of benzene rings is 3. The molecule has 626 valence electrons. The van der Waals surface area contributed by atoms with E-state index in [-0.39, 0.29) is 101 Å². The normalized spacial score (nSPS) is 15.8. The molecule has 1 aromatic heterocycles. The number of unbranched alkanes of at least 4 members (excludes halogenated alkanes) is 11. The van der Waals surface area contributed by atoms with Crippen molar-refractivity contribution in [2.24, 2.45) is 38.9 Å². The molecule has 0 aliphatic carbocycles. The zero-order chi connectivity index (χ0) is 82.6. The van der Waals surface area contributed by atoms with E-state index in [0.717, 1.165) is 36.4 Å². The molecule has 0 radical (unpaired) electrons. The van der Waals surface area contributed by atoms with Crippen LogP contribution < -0.4 is 76.2 Å². The van der Waals surface area contributed by atoms with E-state index < -0.39 is 113 Å². The minimum absolute atomic E-state index is 0.0103. The molecule has 3 heterocycles. The summed E-state index contributed by atoms with van der Waals surface area (Å²) in [6.07, 6.45) is 21.0. The Hall–Kier alpha value is -10.1. The summed E-state index contributed by atoms with van der Waals surface area (Å²) >= 11 is 1.54. The van der Waals surface area contributed by atoms with Gasteiger partial charge in [0.25, 0.3) is 5.91 Å². The molecule has 6 rings (SSSR count). The van der Waals surface area contributed by atoms with Crippen LogP contribution in [0.25, 0.3) is 10.9 Å². The molecule has 0 saturated carbocycles. The van der Waals surface area contributed by atoms with Crippen LogP contribution in [-0.2, 0) is 76.8 Å². The highest BCUT2D eigenvalue weighted by atomic mass is 32.2. The van der Waals surface area contributed by atoms with Crippen LogP contribution in [0.5, 0.6) is 0 Å². The van der Waals surface area contributed by atoms with Gasteiger partial charge in [-0.25, -0.2) is 0 Å². The molecule has 19 N–H and O–H groups in total. The summed E-state index contributed by atoms with van der Waals surface area (Å²) in [5.41, 5.74) is 28.6. The number of para-hydroxylation sites is 1. The number of hydrazone groups is 1. The van der Waals surface area contributed by atoms with Crippen LogP contribution in [0.1, 0.15) is 185 Å². The Morgan fingerprint density at radius 3 is 1.65 bits per heavy atom. The average molecular weight is 1600 g/mol. The molecule has 32 heteroatoms. The average Bonchev–Trinajstić information content (AvgIpc) is 1.65. The van der Waals surface area contributed by atoms with Crippen molar-refractivity contribution in [2.75, 3.05) is 57.8 Å². The monoisotopic (exact) mass is 1600 g/mol.